The number of aromatic nitrogens is 3. The Hall–Kier alpha value is -2.95. The number of phosphoric ester groups is 1. The van der Waals surface area contributed by atoms with Crippen molar-refractivity contribution in [3.63, 3.8) is 0 Å². The summed E-state index contributed by atoms with van der Waals surface area (Å²) >= 11 is 0. The molecule has 1 aliphatic heterocycles. The van der Waals surface area contributed by atoms with E-state index in [2.05, 4.69) is 14.7 Å². The summed E-state index contributed by atoms with van der Waals surface area (Å²) in [7, 11) is -9.11. The van der Waals surface area contributed by atoms with Gasteiger partial charge in [-0.2, -0.15) is 10.2 Å². The van der Waals surface area contributed by atoms with Crippen molar-refractivity contribution >= 4 is 27.1 Å². The number of aliphatic hydroxyl groups is 2. The summed E-state index contributed by atoms with van der Waals surface area (Å²) in [6, 6.07) is 9.85. The molecule has 1 aliphatic rings. The Morgan fingerprint density at radius 1 is 1.17 bits per heavy atom. The lowest BCUT2D eigenvalue weighted by molar-refractivity contribution is -0.146. The van der Waals surface area contributed by atoms with Crippen molar-refractivity contribution in [3.8, 4) is 5.75 Å². The van der Waals surface area contributed by atoms with Crippen LogP contribution in [0.3, 0.4) is 0 Å². The quantitative estimate of drug-likeness (QED) is 0.0931. The van der Waals surface area contributed by atoms with E-state index in [4.69, 9.17) is 33.7 Å². The average Bonchev–Trinajstić information content (AvgIpc) is 3.58. The molecule has 3 aromatic rings. The van der Waals surface area contributed by atoms with Crippen LogP contribution in [0.4, 0.5) is 0 Å². The first kappa shape index (κ1) is 35.9. The van der Waals surface area contributed by atoms with Gasteiger partial charge in [-0.05, 0) is 37.1 Å². The number of aliphatic hydroxyl groups excluding tert-OH is 1. The Labute approximate surface area is 264 Å². The van der Waals surface area contributed by atoms with Crippen LogP contribution in [0, 0.1) is 11.3 Å². The van der Waals surface area contributed by atoms with Crippen LogP contribution < -0.4 is 15.1 Å². The number of ether oxygens (including phenoxy) is 2. The molecule has 4 rings (SSSR count). The SMILES string of the molecule is CCC(CC)COC(=O)[C@H](C)N[P@](=O)(OC[C@H]1OC[C@](O)(c2ccc3c(=N)n(COP(=O)(O)O)cnn23)[C@@H]1O)Oc1ccccc1. The van der Waals surface area contributed by atoms with E-state index in [-0.39, 0.29) is 35.0 Å². The lowest BCUT2D eigenvalue weighted by Gasteiger charge is -2.27. The highest BCUT2D eigenvalue weighted by atomic mass is 31.2. The molecule has 6 N–H and O–H groups in total. The molecule has 19 heteroatoms. The first-order valence-electron chi connectivity index (χ1n) is 14.5. The Balaban J connectivity index is 1.49. The van der Waals surface area contributed by atoms with E-state index < -0.39 is 65.3 Å². The van der Waals surface area contributed by atoms with Gasteiger partial charge in [0.25, 0.3) is 0 Å². The topological polar surface area (TPSA) is 236 Å². The Morgan fingerprint density at radius 3 is 2.52 bits per heavy atom. The van der Waals surface area contributed by atoms with Crippen molar-refractivity contribution in [1.29, 1.82) is 5.41 Å². The third-order valence-corrected chi connectivity index (χ3v) is 9.65. The van der Waals surface area contributed by atoms with Gasteiger partial charge in [0.1, 0.15) is 42.6 Å². The molecule has 17 nitrogen and oxygen atoms in total. The zero-order chi connectivity index (χ0) is 33.7. The second-order valence-corrected chi connectivity index (χ2v) is 13.7. The molecule has 2 aromatic heterocycles. The number of hydrogen-bond acceptors (Lipinski definition) is 12. The molecule has 0 saturated carbocycles. The molecule has 3 heterocycles. The van der Waals surface area contributed by atoms with E-state index in [9.17, 15) is 24.1 Å². The second-order valence-electron chi connectivity index (χ2n) is 10.8. The highest BCUT2D eigenvalue weighted by molar-refractivity contribution is 7.52. The summed E-state index contributed by atoms with van der Waals surface area (Å²) in [5.41, 5.74) is -2.13. The van der Waals surface area contributed by atoms with Gasteiger partial charge in [-0.25, -0.2) is 13.6 Å². The number of nitrogens with one attached hydrogen (secondary N) is 2. The monoisotopic (exact) mass is 687 g/mol. The van der Waals surface area contributed by atoms with Crippen LogP contribution in [0.15, 0.2) is 48.8 Å². The number of fused-ring (bicyclic) bond motifs is 1. The Bertz CT molecular complexity index is 1640. The van der Waals surface area contributed by atoms with Gasteiger partial charge < -0.3 is 34.0 Å². The van der Waals surface area contributed by atoms with Crippen molar-refractivity contribution in [3.05, 3.63) is 60.0 Å². The number of hydrogen-bond donors (Lipinski definition) is 6. The molecule has 0 radical (unpaired) electrons. The first-order valence-corrected chi connectivity index (χ1v) is 17.5. The molecule has 46 heavy (non-hydrogen) atoms. The molecule has 0 spiro atoms. The van der Waals surface area contributed by atoms with Crippen LogP contribution in [-0.4, -0.2) is 78.2 Å². The number of carbonyl (C=O) groups is 1. The summed E-state index contributed by atoms with van der Waals surface area (Å²) in [4.78, 5) is 30.6. The summed E-state index contributed by atoms with van der Waals surface area (Å²) < 4.78 is 53.9. The van der Waals surface area contributed by atoms with Gasteiger partial charge in [0.05, 0.1) is 25.5 Å². The summed E-state index contributed by atoms with van der Waals surface area (Å²) in [5.74, 6) is -0.293. The van der Waals surface area contributed by atoms with Crippen molar-refractivity contribution in [2.24, 2.45) is 5.92 Å². The molecular weight excluding hydrogens is 648 g/mol. The molecule has 1 saturated heterocycles. The molecule has 5 atom stereocenters. The van der Waals surface area contributed by atoms with Crippen molar-refractivity contribution < 1.29 is 57.0 Å². The number of para-hydroxylation sites is 1. The molecule has 0 unspecified atom stereocenters. The lowest BCUT2D eigenvalue weighted by Crippen LogP contribution is -2.44. The van der Waals surface area contributed by atoms with E-state index in [1.807, 2.05) is 13.8 Å². The molecular formula is C27H39N5O12P2. The molecule has 0 amide bonds. The van der Waals surface area contributed by atoms with E-state index in [0.717, 1.165) is 23.7 Å². The highest BCUT2D eigenvalue weighted by Crippen LogP contribution is 2.46. The smallest absolute Gasteiger partial charge is 0.464 e. The second kappa shape index (κ2) is 14.9. The highest BCUT2D eigenvalue weighted by Gasteiger charge is 2.52. The zero-order valence-electron chi connectivity index (χ0n) is 25.5. The van der Waals surface area contributed by atoms with Gasteiger partial charge in [0, 0.05) is 0 Å². The van der Waals surface area contributed by atoms with Crippen LogP contribution in [0.25, 0.3) is 5.52 Å². The number of phosphoric acid groups is 1. The minimum atomic E-state index is -4.81. The van der Waals surface area contributed by atoms with Crippen LogP contribution in [0.5, 0.6) is 5.75 Å². The maximum Gasteiger partial charge on any atom is 0.471 e. The first-order chi connectivity index (χ1) is 21.7. The number of esters is 1. The van der Waals surface area contributed by atoms with Crippen LogP contribution in [0.2, 0.25) is 0 Å². The van der Waals surface area contributed by atoms with Crippen LogP contribution >= 0.6 is 15.6 Å². The lowest BCUT2D eigenvalue weighted by atomic mass is 9.93. The van der Waals surface area contributed by atoms with Gasteiger partial charge in [-0.15, -0.1) is 0 Å². The van der Waals surface area contributed by atoms with Gasteiger partial charge in [0.15, 0.2) is 11.1 Å². The van der Waals surface area contributed by atoms with Gasteiger partial charge in [0.2, 0.25) is 0 Å². The fourth-order valence-electron chi connectivity index (χ4n) is 4.72. The Kier molecular flexibility index (Phi) is 11.6. The van der Waals surface area contributed by atoms with Crippen molar-refractivity contribution in [2.75, 3.05) is 19.8 Å². The maximum absolute atomic E-state index is 13.9. The Morgan fingerprint density at radius 2 is 1.87 bits per heavy atom. The maximum atomic E-state index is 13.9. The van der Waals surface area contributed by atoms with E-state index >= 15 is 0 Å². The molecule has 0 bridgehead atoms. The van der Waals surface area contributed by atoms with Crippen LogP contribution in [0.1, 0.15) is 39.3 Å². The third-order valence-electron chi connectivity index (χ3n) is 7.56. The molecule has 1 fully saturated rings. The van der Waals surface area contributed by atoms with Crippen molar-refractivity contribution in [2.45, 2.75) is 64.2 Å². The summed E-state index contributed by atoms with van der Waals surface area (Å²) in [6.07, 6.45) is -0.134. The summed E-state index contributed by atoms with van der Waals surface area (Å²) in [6.45, 7) is 4.02. The fourth-order valence-corrected chi connectivity index (χ4v) is 6.50. The predicted molar refractivity (Wildman–Crippen MR) is 160 cm³/mol. The van der Waals surface area contributed by atoms with E-state index in [0.29, 0.717) is 0 Å². The zero-order valence-corrected chi connectivity index (χ0v) is 27.3. The van der Waals surface area contributed by atoms with Gasteiger partial charge in [-0.3, -0.25) is 23.8 Å². The normalized spacial score (nSPS) is 22.2. The summed E-state index contributed by atoms with van der Waals surface area (Å²) in [5, 5.41) is 37.8. The van der Waals surface area contributed by atoms with Crippen LogP contribution in [-0.2, 0) is 44.8 Å². The minimum Gasteiger partial charge on any atom is -0.464 e. The third kappa shape index (κ3) is 8.49. The predicted octanol–water partition coefficient (Wildman–Crippen LogP) is 1.79. The number of carbonyl (C=O) groups excluding carboxylic acids is 1. The van der Waals surface area contributed by atoms with E-state index in [1.54, 1.807) is 30.3 Å². The van der Waals surface area contributed by atoms with Gasteiger partial charge >= 0.3 is 21.5 Å². The molecule has 254 valence electrons. The van der Waals surface area contributed by atoms with E-state index in [1.165, 1.54) is 23.6 Å². The molecule has 1 aromatic carbocycles. The largest absolute Gasteiger partial charge is 0.471 e. The minimum absolute atomic E-state index is 0.0460. The van der Waals surface area contributed by atoms with Crippen molar-refractivity contribution in [1.82, 2.24) is 19.3 Å². The fraction of sp³-hybridized carbons (Fsp3) is 0.519. The number of rotatable bonds is 16. The standard InChI is InChI=1S/C27H39N5O12P2/c1-4-19(5-2)13-40-26(34)18(3)30-45(36,44-20-9-7-6-8-10-20)42-14-22-24(33)27(35,15-41-22)23-12-11-21-25(28)31(16-29-32(21)23)17-43-46(37,38)39/h6-12,16,18-19,22,24,28,33,35H,4-5,13-15,17H2,1-3H3,(H,30,36)(H2,37,38,39)/t18-,22+,24+,27-,45-/m0/s1. The number of nitrogens with zero attached hydrogens (tertiary/aromatic N) is 3. The molecule has 0 aliphatic carbocycles. The van der Waals surface area contributed by atoms with Gasteiger partial charge in [-0.1, -0.05) is 44.9 Å². The average molecular weight is 688 g/mol. The number of benzene rings is 1.